The second-order valence-electron chi connectivity index (χ2n) is 6.87. The molecular formula is C21H24N4O2. The van der Waals surface area contributed by atoms with Crippen LogP contribution in [0.3, 0.4) is 0 Å². The first-order chi connectivity index (χ1) is 13.0. The fourth-order valence-electron chi connectivity index (χ4n) is 2.92. The first-order valence-electron chi connectivity index (χ1n) is 9.07. The van der Waals surface area contributed by atoms with Crippen molar-refractivity contribution in [2.45, 2.75) is 26.3 Å². The standard InChI is InChI=1S/C21H24N4O2/c1-14(2)20(21-23-16-10-6-7-11-17(16)24-21)25-19(27)13-22-18(26)12-15-8-4-3-5-9-15/h3-11,14,20H,12-13H2,1-2H3,(H,22,26)(H,23,24)(H,25,27). The van der Waals surface area contributed by atoms with Crippen LogP contribution in [0, 0.1) is 5.92 Å². The zero-order valence-electron chi connectivity index (χ0n) is 15.5. The molecule has 0 radical (unpaired) electrons. The predicted molar refractivity (Wildman–Crippen MR) is 105 cm³/mol. The van der Waals surface area contributed by atoms with Gasteiger partial charge < -0.3 is 15.6 Å². The molecule has 0 fully saturated rings. The van der Waals surface area contributed by atoms with Gasteiger partial charge >= 0.3 is 0 Å². The lowest BCUT2D eigenvalue weighted by Gasteiger charge is -2.20. The van der Waals surface area contributed by atoms with E-state index in [2.05, 4.69) is 20.6 Å². The van der Waals surface area contributed by atoms with Crippen LogP contribution in [0.2, 0.25) is 0 Å². The number of para-hydroxylation sites is 2. The molecular weight excluding hydrogens is 340 g/mol. The number of nitrogens with zero attached hydrogens (tertiary/aromatic N) is 1. The van der Waals surface area contributed by atoms with Gasteiger partial charge in [0.15, 0.2) is 0 Å². The highest BCUT2D eigenvalue weighted by molar-refractivity contribution is 5.86. The smallest absolute Gasteiger partial charge is 0.239 e. The zero-order chi connectivity index (χ0) is 19.2. The Bertz CT molecular complexity index is 885. The van der Waals surface area contributed by atoms with Crippen molar-refractivity contribution < 1.29 is 9.59 Å². The Morgan fingerprint density at radius 1 is 1.00 bits per heavy atom. The Balaban J connectivity index is 1.58. The lowest BCUT2D eigenvalue weighted by molar-refractivity contribution is -0.126. The molecule has 1 aromatic heterocycles. The van der Waals surface area contributed by atoms with Crippen LogP contribution in [-0.4, -0.2) is 28.3 Å². The Morgan fingerprint density at radius 3 is 2.41 bits per heavy atom. The molecule has 2 aromatic carbocycles. The number of hydrogen-bond acceptors (Lipinski definition) is 3. The van der Waals surface area contributed by atoms with Crippen LogP contribution in [0.15, 0.2) is 54.6 Å². The van der Waals surface area contributed by atoms with Crippen molar-refractivity contribution in [2.24, 2.45) is 5.92 Å². The van der Waals surface area contributed by atoms with E-state index in [0.29, 0.717) is 0 Å². The van der Waals surface area contributed by atoms with Crippen LogP contribution in [0.5, 0.6) is 0 Å². The van der Waals surface area contributed by atoms with Crippen LogP contribution in [0.1, 0.15) is 31.3 Å². The van der Waals surface area contributed by atoms with Gasteiger partial charge in [0.05, 0.1) is 30.0 Å². The third kappa shape index (κ3) is 4.94. The van der Waals surface area contributed by atoms with Gasteiger partial charge in [0.1, 0.15) is 5.82 Å². The molecule has 1 heterocycles. The number of benzene rings is 2. The normalized spacial score (nSPS) is 12.1. The third-order valence-electron chi connectivity index (χ3n) is 4.34. The van der Waals surface area contributed by atoms with Crippen LogP contribution in [0.25, 0.3) is 11.0 Å². The summed E-state index contributed by atoms with van der Waals surface area (Å²) in [6.07, 6.45) is 0.255. The molecule has 0 aliphatic rings. The molecule has 1 unspecified atom stereocenters. The van der Waals surface area contributed by atoms with Gasteiger partial charge in [-0.25, -0.2) is 4.98 Å². The minimum absolute atomic E-state index is 0.0604. The molecule has 0 aliphatic heterocycles. The molecule has 6 heteroatoms. The van der Waals surface area contributed by atoms with E-state index in [1.807, 2.05) is 68.4 Å². The summed E-state index contributed by atoms with van der Waals surface area (Å²) in [6, 6.07) is 16.9. The van der Waals surface area contributed by atoms with Crippen molar-refractivity contribution in [2.75, 3.05) is 6.54 Å². The van der Waals surface area contributed by atoms with Gasteiger partial charge in [0.2, 0.25) is 11.8 Å². The molecule has 2 amide bonds. The first kappa shape index (κ1) is 18.6. The lowest BCUT2D eigenvalue weighted by Crippen LogP contribution is -2.40. The minimum Gasteiger partial charge on any atom is -0.347 e. The monoisotopic (exact) mass is 364 g/mol. The molecule has 140 valence electrons. The summed E-state index contributed by atoms with van der Waals surface area (Å²) in [4.78, 5) is 32.2. The number of imidazole rings is 1. The summed E-state index contributed by atoms with van der Waals surface area (Å²) >= 11 is 0. The number of rotatable bonds is 7. The average molecular weight is 364 g/mol. The van der Waals surface area contributed by atoms with Gasteiger partial charge in [-0.05, 0) is 23.6 Å². The summed E-state index contributed by atoms with van der Waals surface area (Å²) < 4.78 is 0. The fraction of sp³-hybridized carbons (Fsp3) is 0.286. The second kappa shape index (κ2) is 8.49. The number of carbonyl (C=O) groups is 2. The highest BCUT2D eigenvalue weighted by atomic mass is 16.2. The van der Waals surface area contributed by atoms with E-state index < -0.39 is 0 Å². The van der Waals surface area contributed by atoms with Crippen LogP contribution < -0.4 is 10.6 Å². The topological polar surface area (TPSA) is 86.9 Å². The summed E-state index contributed by atoms with van der Waals surface area (Å²) in [5.74, 6) is 0.446. The van der Waals surface area contributed by atoms with Gasteiger partial charge in [0.25, 0.3) is 0 Å². The van der Waals surface area contributed by atoms with Crippen LogP contribution in [0.4, 0.5) is 0 Å². The molecule has 1 atom stereocenters. The third-order valence-corrected chi connectivity index (χ3v) is 4.34. The largest absolute Gasteiger partial charge is 0.347 e. The molecule has 3 rings (SSSR count). The van der Waals surface area contributed by atoms with Gasteiger partial charge in [-0.1, -0.05) is 56.3 Å². The van der Waals surface area contributed by atoms with Gasteiger partial charge in [-0.2, -0.15) is 0 Å². The molecule has 0 saturated heterocycles. The molecule has 0 aliphatic carbocycles. The van der Waals surface area contributed by atoms with Crippen molar-refractivity contribution in [1.82, 2.24) is 20.6 Å². The number of H-pyrrole nitrogens is 1. The maximum atomic E-state index is 12.3. The number of nitrogens with one attached hydrogen (secondary N) is 3. The summed E-state index contributed by atoms with van der Waals surface area (Å²) in [5.41, 5.74) is 2.71. The predicted octanol–water partition coefficient (Wildman–Crippen LogP) is 2.74. The molecule has 3 aromatic rings. The van der Waals surface area contributed by atoms with Gasteiger partial charge in [-0.15, -0.1) is 0 Å². The maximum absolute atomic E-state index is 12.3. The molecule has 0 saturated carbocycles. The van der Waals surface area contributed by atoms with Gasteiger partial charge in [0, 0.05) is 0 Å². The van der Waals surface area contributed by atoms with Crippen LogP contribution >= 0.6 is 0 Å². The van der Waals surface area contributed by atoms with E-state index in [1.165, 1.54) is 0 Å². The quantitative estimate of drug-likeness (QED) is 0.602. The Labute approximate surface area is 158 Å². The average Bonchev–Trinajstić information content (AvgIpc) is 3.08. The van der Waals surface area contributed by atoms with E-state index in [9.17, 15) is 9.59 Å². The SMILES string of the molecule is CC(C)C(NC(=O)CNC(=O)Cc1ccccc1)c1nc2ccccc2[nH]1. The van der Waals surface area contributed by atoms with Crippen LogP contribution in [-0.2, 0) is 16.0 Å². The highest BCUT2D eigenvalue weighted by Crippen LogP contribution is 2.21. The molecule has 6 nitrogen and oxygen atoms in total. The maximum Gasteiger partial charge on any atom is 0.239 e. The Hall–Kier alpha value is -3.15. The zero-order valence-corrected chi connectivity index (χ0v) is 15.5. The lowest BCUT2D eigenvalue weighted by atomic mass is 10.0. The van der Waals surface area contributed by atoms with Crippen molar-refractivity contribution in [3.63, 3.8) is 0 Å². The number of fused-ring (bicyclic) bond motifs is 1. The molecule has 3 N–H and O–H groups in total. The highest BCUT2D eigenvalue weighted by Gasteiger charge is 2.22. The van der Waals surface area contributed by atoms with E-state index >= 15 is 0 Å². The Morgan fingerprint density at radius 2 is 1.70 bits per heavy atom. The van der Waals surface area contributed by atoms with Crippen molar-refractivity contribution >= 4 is 22.8 Å². The van der Waals surface area contributed by atoms with Gasteiger partial charge in [-0.3, -0.25) is 9.59 Å². The number of amides is 2. The van der Waals surface area contributed by atoms with E-state index in [1.54, 1.807) is 0 Å². The summed E-state index contributed by atoms with van der Waals surface area (Å²) in [6.45, 7) is 3.98. The fourth-order valence-corrected chi connectivity index (χ4v) is 2.92. The van der Waals surface area contributed by atoms with Crippen molar-refractivity contribution in [3.05, 3.63) is 66.0 Å². The molecule has 27 heavy (non-hydrogen) atoms. The number of carbonyl (C=O) groups excluding carboxylic acids is 2. The number of hydrogen-bond donors (Lipinski definition) is 3. The van der Waals surface area contributed by atoms with E-state index in [0.717, 1.165) is 22.4 Å². The van der Waals surface area contributed by atoms with E-state index in [-0.39, 0.29) is 36.7 Å². The van der Waals surface area contributed by atoms with E-state index in [4.69, 9.17) is 0 Å². The summed E-state index contributed by atoms with van der Waals surface area (Å²) in [7, 11) is 0. The van der Waals surface area contributed by atoms with Crippen molar-refractivity contribution in [1.29, 1.82) is 0 Å². The summed E-state index contributed by atoms with van der Waals surface area (Å²) in [5, 5.41) is 5.64. The Kier molecular flexibility index (Phi) is 5.86. The first-order valence-corrected chi connectivity index (χ1v) is 9.07. The number of aromatic amines is 1. The molecule has 0 bridgehead atoms. The van der Waals surface area contributed by atoms with Crippen molar-refractivity contribution in [3.8, 4) is 0 Å². The molecule has 0 spiro atoms. The number of aromatic nitrogens is 2. The minimum atomic E-state index is -0.254. The second-order valence-corrected chi connectivity index (χ2v) is 6.87.